The molecule has 4 rings (SSSR count). The molecule has 0 unspecified atom stereocenters. The summed E-state index contributed by atoms with van der Waals surface area (Å²) < 4.78 is 0. The fourth-order valence-electron chi connectivity index (χ4n) is 4.44. The van der Waals surface area contributed by atoms with Crippen molar-refractivity contribution in [3.63, 3.8) is 0 Å². The van der Waals surface area contributed by atoms with E-state index in [0.29, 0.717) is 35.3 Å². The van der Waals surface area contributed by atoms with Crippen LogP contribution in [-0.4, -0.2) is 28.7 Å². The molecule has 0 saturated heterocycles. The van der Waals surface area contributed by atoms with Crippen molar-refractivity contribution in [1.82, 2.24) is 0 Å². The lowest BCUT2D eigenvalue weighted by Crippen LogP contribution is -2.25. The number of hydrogen-bond donors (Lipinski definition) is 3. The molecule has 2 atom stereocenters. The van der Waals surface area contributed by atoms with Gasteiger partial charge < -0.3 is 15.7 Å². The highest BCUT2D eigenvalue weighted by Gasteiger charge is 2.37. The Morgan fingerprint density at radius 1 is 0.686 bits per heavy atom. The predicted molar refractivity (Wildman–Crippen MR) is 134 cm³/mol. The maximum Gasteiger partial charge on any atom is 0.323 e. The Labute approximate surface area is 203 Å². The van der Waals surface area contributed by atoms with Crippen LogP contribution in [-0.2, 0) is 4.79 Å². The Kier molecular flexibility index (Phi) is 7.06. The summed E-state index contributed by atoms with van der Waals surface area (Å²) in [6.45, 7) is 1.49. The van der Waals surface area contributed by atoms with Gasteiger partial charge in [-0.25, -0.2) is 4.79 Å². The zero-order valence-corrected chi connectivity index (χ0v) is 19.3. The van der Waals surface area contributed by atoms with E-state index in [0.717, 1.165) is 17.5 Å². The number of carboxylic acids is 1. The van der Waals surface area contributed by atoms with Gasteiger partial charge in [-0.2, -0.15) is 0 Å². The third-order valence-electron chi connectivity index (χ3n) is 6.36. The van der Waals surface area contributed by atoms with E-state index in [4.69, 9.17) is 0 Å². The molecular formula is C28H26N2O5. The van der Waals surface area contributed by atoms with Crippen LogP contribution in [0.3, 0.4) is 0 Å². The average Bonchev–Trinajstić information content (AvgIpc) is 3.35. The third-order valence-corrected chi connectivity index (χ3v) is 6.36. The number of aliphatic carboxylic acids is 1. The molecule has 35 heavy (non-hydrogen) atoms. The number of urea groups is 1. The first-order chi connectivity index (χ1) is 16.8. The van der Waals surface area contributed by atoms with Crippen molar-refractivity contribution >= 4 is 34.9 Å². The first kappa shape index (κ1) is 23.9. The van der Waals surface area contributed by atoms with Crippen LogP contribution in [0.1, 0.15) is 46.9 Å². The Hall–Kier alpha value is -4.26. The van der Waals surface area contributed by atoms with Crippen molar-refractivity contribution in [2.45, 2.75) is 26.2 Å². The molecule has 1 aliphatic rings. The summed E-state index contributed by atoms with van der Waals surface area (Å²) in [4.78, 5) is 47.8. The molecule has 1 fully saturated rings. The Morgan fingerprint density at radius 3 is 1.66 bits per heavy atom. The molecule has 0 heterocycles. The highest BCUT2D eigenvalue weighted by atomic mass is 16.4. The molecule has 1 aliphatic carbocycles. The highest BCUT2D eigenvalue weighted by molar-refractivity contribution is 6.01. The lowest BCUT2D eigenvalue weighted by atomic mass is 9.88. The maximum absolute atomic E-state index is 12.8. The van der Waals surface area contributed by atoms with Gasteiger partial charge in [0.1, 0.15) is 0 Å². The molecule has 1 saturated carbocycles. The quantitative estimate of drug-likeness (QED) is 0.373. The molecule has 3 aromatic rings. The zero-order chi connectivity index (χ0) is 24.9. The topological polar surface area (TPSA) is 113 Å². The van der Waals surface area contributed by atoms with E-state index < -0.39 is 23.8 Å². The number of hydrogen-bond acceptors (Lipinski definition) is 4. The number of benzene rings is 3. The number of ketones is 2. The molecule has 7 heteroatoms. The summed E-state index contributed by atoms with van der Waals surface area (Å²) >= 11 is 0. The molecule has 2 amide bonds. The summed E-state index contributed by atoms with van der Waals surface area (Å²) in [7, 11) is 0. The third kappa shape index (κ3) is 5.63. The van der Waals surface area contributed by atoms with Gasteiger partial charge in [-0.15, -0.1) is 0 Å². The number of anilines is 2. The summed E-state index contributed by atoms with van der Waals surface area (Å²) in [5.41, 5.74) is 4.11. The Balaban J connectivity index is 1.37. The van der Waals surface area contributed by atoms with Gasteiger partial charge in [0.25, 0.3) is 0 Å². The van der Waals surface area contributed by atoms with Crippen LogP contribution in [0.15, 0.2) is 72.8 Å². The smallest absolute Gasteiger partial charge is 0.323 e. The molecule has 0 bridgehead atoms. The van der Waals surface area contributed by atoms with Gasteiger partial charge in [-0.3, -0.25) is 14.4 Å². The Bertz CT molecular complexity index is 1250. The van der Waals surface area contributed by atoms with Gasteiger partial charge in [-0.1, -0.05) is 42.8 Å². The van der Waals surface area contributed by atoms with Crippen molar-refractivity contribution in [3.05, 3.63) is 83.9 Å². The minimum absolute atomic E-state index is 0.0389. The summed E-state index contributed by atoms with van der Waals surface area (Å²) in [6, 6.07) is 20.7. The summed E-state index contributed by atoms with van der Waals surface area (Å²) in [5.74, 6) is -2.10. The lowest BCUT2D eigenvalue weighted by Gasteiger charge is -2.14. The minimum Gasteiger partial charge on any atom is -0.481 e. The number of Topliss-reactive ketones (excluding diaryl/α,β-unsaturated/α-hetero) is 2. The van der Waals surface area contributed by atoms with Gasteiger partial charge in [0.05, 0.1) is 5.92 Å². The van der Waals surface area contributed by atoms with Crippen molar-refractivity contribution in [2.75, 3.05) is 10.6 Å². The first-order valence-electron chi connectivity index (χ1n) is 11.5. The number of carboxylic acid groups (broad SMARTS) is 1. The second-order valence-corrected chi connectivity index (χ2v) is 8.71. The van der Waals surface area contributed by atoms with Crippen LogP contribution >= 0.6 is 0 Å². The van der Waals surface area contributed by atoms with Gasteiger partial charge in [0.15, 0.2) is 11.6 Å². The van der Waals surface area contributed by atoms with Crippen molar-refractivity contribution in [3.8, 4) is 11.1 Å². The van der Waals surface area contributed by atoms with Crippen LogP contribution < -0.4 is 10.6 Å². The fraction of sp³-hybridized carbons (Fsp3) is 0.214. The fourth-order valence-corrected chi connectivity index (χ4v) is 4.44. The van der Waals surface area contributed by atoms with Gasteiger partial charge in [0.2, 0.25) is 0 Å². The van der Waals surface area contributed by atoms with E-state index in [1.54, 1.807) is 48.5 Å². The maximum atomic E-state index is 12.8. The molecule has 178 valence electrons. The van der Waals surface area contributed by atoms with Gasteiger partial charge in [0, 0.05) is 28.4 Å². The second kappa shape index (κ2) is 10.3. The molecule has 0 spiro atoms. The van der Waals surface area contributed by atoms with Crippen LogP contribution in [0, 0.1) is 11.8 Å². The van der Waals surface area contributed by atoms with E-state index in [1.165, 1.54) is 6.92 Å². The van der Waals surface area contributed by atoms with Crippen LogP contribution in [0.4, 0.5) is 16.2 Å². The van der Waals surface area contributed by atoms with E-state index in [2.05, 4.69) is 10.6 Å². The lowest BCUT2D eigenvalue weighted by molar-refractivity contribution is -0.142. The molecule has 0 aromatic heterocycles. The standard InChI is InChI=1S/C28H26N2O5/c1-17(31)18-9-13-22(14-10-18)29-28(35)30-23-15-11-20(12-16-23)19-5-7-21(8-6-19)26(32)24-3-2-4-25(24)27(33)34/h5-16,24-25H,2-4H2,1H3,(H,33,34)(H2,29,30,35)/t24-,25-/m1/s1. The van der Waals surface area contributed by atoms with Crippen molar-refractivity contribution < 1.29 is 24.3 Å². The first-order valence-corrected chi connectivity index (χ1v) is 11.5. The Morgan fingerprint density at radius 2 is 1.14 bits per heavy atom. The van der Waals surface area contributed by atoms with E-state index in [9.17, 15) is 24.3 Å². The van der Waals surface area contributed by atoms with E-state index >= 15 is 0 Å². The summed E-state index contributed by atoms with van der Waals surface area (Å²) in [6.07, 6.45) is 1.92. The number of carbonyl (C=O) groups is 4. The average molecular weight is 471 g/mol. The zero-order valence-electron chi connectivity index (χ0n) is 19.3. The number of nitrogens with one attached hydrogen (secondary N) is 2. The number of rotatable bonds is 7. The molecule has 0 radical (unpaired) electrons. The van der Waals surface area contributed by atoms with Gasteiger partial charge >= 0.3 is 12.0 Å². The molecular weight excluding hydrogens is 444 g/mol. The predicted octanol–water partition coefficient (Wildman–Crippen LogP) is 5.88. The SMILES string of the molecule is CC(=O)c1ccc(NC(=O)Nc2ccc(-c3ccc(C(=O)[C@@H]4CCC[C@H]4C(=O)O)cc3)cc2)cc1. The normalized spacial score (nSPS) is 16.9. The molecule has 7 nitrogen and oxygen atoms in total. The monoisotopic (exact) mass is 470 g/mol. The molecule has 3 aromatic carbocycles. The molecule has 3 N–H and O–H groups in total. The largest absolute Gasteiger partial charge is 0.481 e. The minimum atomic E-state index is -0.897. The summed E-state index contributed by atoms with van der Waals surface area (Å²) in [5, 5.41) is 14.8. The van der Waals surface area contributed by atoms with Crippen molar-refractivity contribution in [1.29, 1.82) is 0 Å². The number of amides is 2. The van der Waals surface area contributed by atoms with Gasteiger partial charge in [-0.05, 0) is 67.3 Å². The van der Waals surface area contributed by atoms with Crippen LogP contribution in [0.2, 0.25) is 0 Å². The van der Waals surface area contributed by atoms with E-state index in [1.807, 2.05) is 24.3 Å². The van der Waals surface area contributed by atoms with Crippen LogP contribution in [0.5, 0.6) is 0 Å². The molecule has 0 aliphatic heterocycles. The van der Waals surface area contributed by atoms with Crippen LogP contribution in [0.25, 0.3) is 11.1 Å². The van der Waals surface area contributed by atoms with Crippen molar-refractivity contribution in [2.24, 2.45) is 11.8 Å². The highest BCUT2D eigenvalue weighted by Crippen LogP contribution is 2.35. The number of carbonyl (C=O) groups excluding carboxylic acids is 3. The van der Waals surface area contributed by atoms with E-state index in [-0.39, 0.29) is 11.6 Å². The second-order valence-electron chi connectivity index (χ2n) is 8.71.